The largest absolute Gasteiger partial charge is 0.456 e. The molecule has 0 aromatic heterocycles. The zero-order chi connectivity index (χ0) is 24.1. The lowest BCUT2D eigenvalue weighted by Crippen LogP contribution is -2.61. The average Bonchev–Trinajstić information content (AvgIpc) is 2.68. The monoisotopic (exact) mass is 456 g/mol. The van der Waals surface area contributed by atoms with Gasteiger partial charge in [0.05, 0.1) is 12.2 Å². The predicted octanol–water partition coefficient (Wildman–Crippen LogP) is 4.24. The van der Waals surface area contributed by atoms with Crippen LogP contribution in [0.2, 0.25) is 0 Å². The van der Waals surface area contributed by atoms with Crippen LogP contribution in [0.15, 0.2) is 12.7 Å². The van der Waals surface area contributed by atoms with Crippen LogP contribution in [0.5, 0.6) is 0 Å². The maximum Gasteiger partial charge on any atom is 0.303 e. The van der Waals surface area contributed by atoms with Gasteiger partial charge in [0.2, 0.25) is 0 Å². The first-order valence-electron chi connectivity index (χ1n) is 11.6. The standard InChI is InChI=1S/C24H40O8/c1-7-8-9-10-11-12-13-14-15-16(2)28-24-23(32-20(6)27)22(31-19(5)26)21(17(3)29-24)30-18(4)25/h7,16-17,21-24H,1,8-15H2,2-6H3/t16?,17?,21-,22?,23-,24+/m0/s1. The molecule has 1 fully saturated rings. The van der Waals surface area contributed by atoms with Crippen LogP contribution in [0.4, 0.5) is 0 Å². The highest BCUT2D eigenvalue weighted by Crippen LogP contribution is 2.30. The van der Waals surface area contributed by atoms with Crippen LogP contribution in [-0.2, 0) is 38.1 Å². The molecule has 1 rings (SSSR count). The molecule has 3 unspecified atom stereocenters. The summed E-state index contributed by atoms with van der Waals surface area (Å²) < 4.78 is 28.1. The molecule has 0 amide bonds. The van der Waals surface area contributed by atoms with Crippen LogP contribution in [0.25, 0.3) is 0 Å². The van der Waals surface area contributed by atoms with Gasteiger partial charge in [0, 0.05) is 20.8 Å². The van der Waals surface area contributed by atoms with Crippen molar-refractivity contribution in [3.05, 3.63) is 12.7 Å². The highest BCUT2D eigenvalue weighted by Gasteiger charge is 2.51. The molecule has 0 N–H and O–H groups in total. The molecule has 0 bridgehead atoms. The van der Waals surface area contributed by atoms with Crippen LogP contribution in [0.1, 0.15) is 86.0 Å². The topological polar surface area (TPSA) is 97.4 Å². The average molecular weight is 457 g/mol. The lowest BCUT2D eigenvalue weighted by Gasteiger charge is -2.44. The fourth-order valence-corrected chi connectivity index (χ4v) is 3.80. The number of allylic oxidation sites excluding steroid dienone is 1. The van der Waals surface area contributed by atoms with E-state index in [0.717, 1.165) is 25.7 Å². The van der Waals surface area contributed by atoms with Gasteiger partial charge in [-0.1, -0.05) is 38.2 Å². The molecule has 184 valence electrons. The van der Waals surface area contributed by atoms with Gasteiger partial charge >= 0.3 is 17.9 Å². The van der Waals surface area contributed by atoms with Crippen LogP contribution < -0.4 is 0 Å². The molecule has 1 aliphatic heterocycles. The third kappa shape index (κ3) is 10.6. The first-order valence-corrected chi connectivity index (χ1v) is 11.6. The van der Waals surface area contributed by atoms with Gasteiger partial charge < -0.3 is 23.7 Å². The molecule has 0 aromatic carbocycles. The quantitative estimate of drug-likeness (QED) is 0.166. The molecule has 0 aliphatic carbocycles. The van der Waals surface area contributed by atoms with Crippen LogP contribution >= 0.6 is 0 Å². The minimum Gasteiger partial charge on any atom is -0.456 e. The smallest absolute Gasteiger partial charge is 0.303 e. The van der Waals surface area contributed by atoms with Crippen molar-refractivity contribution in [1.29, 1.82) is 0 Å². The lowest BCUT2D eigenvalue weighted by atomic mass is 9.98. The number of esters is 3. The molecule has 0 spiro atoms. The van der Waals surface area contributed by atoms with Gasteiger partial charge in [0.25, 0.3) is 0 Å². The van der Waals surface area contributed by atoms with E-state index in [1.54, 1.807) is 6.92 Å². The van der Waals surface area contributed by atoms with Gasteiger partial charge in [-0.3, -0.25) is 14.4 Å². The van der Waals surface area contributed by atoms with Crippen LogP contribution in [0, 0.1) is 0 Å². The van der Waals surface area contributed by atoms with Crippen molar-refractivity contribution in [1.82, 2.24) is 0 Å². The summed E-state index contributed by atoms with van der Waals surface area (Å²) in [6.45, 7) is 11.1. The summed E-state index contributed by atoms with van der Waals surface area (Å²) in [4.78, 5) is 35.0. The fourth-order valence-electron chi connectivity index (χ4n) is 3.80. The predicted molar refractivity (Wildman–Crippen MR) is 119 cm³/mol. The summed E-state index contributed by atoms with van der Waals surface area (Å²) >= 11 is 0. The minimum absolute atomic E-state index is 0.158. The Morgan fingerprint density at radius 2 is 1.34 bits per heavy atom. The SMILES string of the molecule is C=CCCCCCCCCC(C)O[C@@H]1OC(C)[C@H](OC(C)=O)C(OC(C)=O)[C@@H]1OC(C)=O. The summed E-state index contributed by atoms with van der Waals surface area (Å²) in [5.41, 5.74) is 0. The molecule has 1 saturated heterocycles. The number of hydrogen-bond donors (Lipinski definition) is 0. The van der Waals surface area contributed by atoms with Crippen molar-refractivity contribution in [2.24, 2.45) is 0 Å². The number of carbonyl (C=O) groups excluding carboxylic acids is 3. The minimum atomic E-state index is -1.05. The van der Waals surface area contributed by atoms with E-state index in [1.165, 1.54) is 46.5 Å². The number of hydrogen-bond acceptors (Lipinski definition) is 8. The van der Waals surface area contributed by atoms with E-state index < -0.39 is 48.6 Å². The van der Waals surface area contributed by atoms with E-state index >= 15 is 0 Å². The van der Waals surface area contributed by atoms with E-state index in [9.17, 15) is 14.4 Å². The van der Waals surface area contributed by atoms with Crippen molar-refractivity contribution in [3.63, 3.8) is 0 Å². The molecular formula is C24H40O8. The Morgan fingerprint density at radius 1 is 0.844 bits per heavy atom. The molecule has 1 heterocycles. The third-order valence-electron chi connectivity index (χ3n) is 5.27. The Morgan fingerprint density at radius 3 is 1.91 bits per heavy atom. The molecule has 1 aliphatic rings. The van der Waals surface area contributed by atoms with Crippen molar-refractivity contribution in [3.8, 4) is 0 Å². The molecular weight excluding hydrogens is 416 g/mol. The normalized spacial score (nSPS) is 26.1. The lowest BCUT2D eigenvalue weighted by molar-refractivity contribution is -0.309. The number of carbonyl (C=O) groups is 3. The molecule has 0 radical (unpaired) electrons. The van der Waals surface area contributed by atoms with Gasteiger partial charge in [-0.15, -0.1) is 6.58 Å². The van der Waals surface area contributed by atoms with E-state index in [1.807, 2.05) is 13.0 Å². The number of ether oxygens (including phenoxy) is 5. The summed E-state index contributed by atoms with van der Waals surface area (Å²) in [6.07, 6.45) is 6.03. The van der Waals surface area contributed by atoms with E-state index in [2.05, 4.69) is 6.58 Å². The van der Waals surface area contributed by atoms with Gasteiger partial charge in [0.1, 0.15) is 0 Å². The molecule has 0 aromatic rings. The molecule has 0 saturated carbocycles. The van der Waals surface area contributed by atoms with Crippen LogP contribution in [0.3, 0.4) is 0 Å². The Balaban J connectivity index is 2.71. The number of rotatable bonds is 14. The first-order chi connectivity index (χ1) is 15.1. The summed E-state index contributed by atoms with van der Waals surface area (Å²) in [5, 5.41) is 0. The second kappa shape index (κ2) is 15.0. The third-order valence-corrected chi connectivity index (χ3v) is 5.27. The summed E-state index contributed by atoms with van der Waals surface area (Å²) in [5.74, 6) is -1.72. The van der Waals surface area contributed by atoms with Gasteiger partial charge in [-0.05, 0) is 33.1 Å². The Bertz CT molecular complexity index is 605. The van der Waals surface area contributed by atoms with E-state index in [0.29, 0.717) is 0 Å². The molecule has 8 nitrogen and oxygen atoms in total. The molecule has 8 heteroatoms. The first kappa shape index (κ1) is 28.1. The molecule has 6 atom stereocenters. The second-order valence-electron chi connectivity index (χ2n) is 8.37. The van der Waals surface area contributed by atoms with E-state index in [-0.39, 0.29) is 6.10 Å². The Labute approximate surface area is 191 Å². The summed E-state index contributed by atoms with van der Waals surface area (Å²) in [6, 6.07) is 0. The van der Waals surface area contributed by atoms with E-state index in [4.69, 9.17) is 23.7 Å². The Kier molecular flexibility index (Phi) is 13.2. The van der Waals surface area contributed by atoms with Gasteiger partial charge in [-0.2, -0.15) is 0 Å². The van der Waals surface area contributed by atoms with Crippen molar-refractivity contribution in [2.45, 2.75) is 123 Å². The van der Waals surface area contributed by atoms with Crippen molar-refractivity contribution < 1.29 is 38.1 Å². The fraction of sp³-hybridized carbons (Fsp3) is 0.792. The maximum atomic E-state index is 11.7. The number of unbranched alkanes of at least 4 members (excludes halogenated alkanes) is 6. The Hall–Kier alpha value is -1.93. The molecule has 32 heavy (non-hydrogen) atoms. The highest BCUT2D eigenvalue weighted by atomic mass is 16.7. The zero-order valence-corrected chi connectivity index (χ0v) is 20.2. The van der Waals surface area contributed by atoms with Gasteiger partial charge in [-0.25, -0.2) is 0 Å². The van der Waals surface area contributed by atoms with Crippen molar-refractivity contribution in [2.75, 3.05) is 0 Å². The second-order valence-corrected chi connectivity index (χ2v) is 8.37. The van der Waals surface area contributed by atoms with Crippen LogP contribution in [-0.4, -0.2) is 54.7 Å². The highest BCUT2D eigenvalue weighted by molar-refractivity contribution is 5.68. The summed E-state index contributed by atoms with van der Waals surface area (Å²) in [7, 11) is 0. The zero-order valence-electron chi connectivity index (χ0n) is 20.2. The maximum absolute atomic E-state index is 11.7. The van der Waals surface area contributed by atoms with Crippen molar-refractivity contribution >= 4 is 17.9 Å². The van der Waals surface area contributed by atoms with Gasteiger partial charge in [0.15, 0.2) is 24.6 Å².